The monoisotopic (exact) mass is 523 g/mol. The molecule has 1 fully saturated rings. The first-order valence-electron chi connectivity index (χ1n) is 11.2. The van der Waals surface area contributed by atoms with Crippen LogP contribution in [0.5, 0.6) is 0 Å². The van der Waals surface area contributed by atoms with Gasteiger partial charge in [-0.1, -0.05) is 23.2 Å². The molecule has 0 radical (unpaired) electrons. The number of amides is 2. The van der Waals surface area contributed by atoms with E-state index in [-0.39, 0.29) is 22.8 Å². The topological polar surface area (TPSA) is 130 Å². The fourth-order valence-corrected chi connectivity index (χ4v) is 4.45. The number of aromatic nitrogens is 3. The fourth-order valence-electron chi connectivity index (χ4n) is 4.05. The van der Waals surface area contributed by atoms with E-state index in [2.05, 4.69) is 20.7 Å². The number of nitrogens with one attached hydrogen (secondary N) is 3. The van der Waals surface area contributed by atoms with Crippen LogP contribution in [0.4, 0.5) is 15.3 Å². The van der Waals surface area contributed by atoms with E-state index in [4.69, 9.17) is 32.7 Å². The summed E-state index contributed by atoms with van der Waals surface area (Å²) in [6.45, 7) is 5.91. The van der Waals surface area contributed by atoms with E-state index >= 15 is 0 Å². The molecule has 4 N–H and O–H groups in total. The molecule has 1 aromatic carbocycles. The molecule has 35 heavy (non-hydrogen) atoms. The normalized spacial score (nSPS) is 16.3. The summed E-state index contributed by atoms with van der Waals surface area (Å²) >= 11 is 12.9. The molecule has 0 bridgehead atoms. The maximum Gasteiger partial charge on any atom is 0.412 e. The van der Waals surface area contributed by atoms with Gasteiger partial charge in [0.1, 0.15) is 11.8 Å². The molecule has 1 atom stereocenters. The van der Waals surface area contributed by atoms with Crippen LogP contribution in [0.2, 0.25) is 10.0 Å². The Morgan fingerprint density at radius 3 is 2.77 bits per heavy atom. The van der Waals surface area contributed by atoms with Crippen molar-refractivity contribution in [3.8, 4) is 11.1 Å². The molecule has 2 aromatic heterocycles. The fraction of sp³-hybridized carbons (Fsp3) is 0.435. The van der Waals surface area contributed by atoms with Crippen LogP contribution in [0.1, 0.15) is 52.0 Å². The quantitative estimate of drug-likeness (QED) is 0.317. The molecule has 0 saturated carbocycles. The van der Waals surface area contributed by atoms with Gasteiger partial charge in [-0.3, -0.25) is 5.32 Å². The molecule has 2 amide bonds. The smallest absolute Gasteiger partial charge is 0.412 e. The van der Waals surface area contributed by atoms with E-state index in [1.54, 1.807) is 31.6 Å². The van der Waals surface area contributed by atoms with Crippen LogP contribution in [0.25, 0.3) is 22.0 Å². The molecular formula is C23H27Cl2N5O5. The Labute approximate surface area is 211 Å². The Morgan fingerprint density at radius 2 is 2.11 bits per heavy atom. The average Bonchev–Trinajstić information content (AvgIpc) is 3.40. The summed E-state index contributed by atoms with van der Waals surface area (Å²) in [5.41, 5.74) is 1.95. The van der Waals surface area contributed by atoms with Crippen molar-refractivity contribution in [2.24, 2.45) is 0 Å². The lowest BCUT2D eigenvalue weighted by atomic mass is 10.0. The SMILES string of the molecule is CC(C)(C)OC(=O)Nc1cc(Cl)c(Cl)c2[nH]c(CNC(=O)O)c(-c3cnn(C4CCCCO4)c3)c12. The van der Waals surface area contributed by atoms with Gasteiger partial charge < -0.3 is 24.9 Å². The highest BCUT2D eigenvalue weighted by Crippen LogP contribution is 2.43. The van der Waals surface area contributed by atoms with Crippen molar-refractivity contribution in [2.75, 3.05) is 11.9 Å². The van der Waals surface area contributed by atoms with Gasteiger partial charge >= 0.3 is 12.2 Å². The van der Waals surface area contributed by atoms with Crippen molar-refractivity contribution in [1.29, 1.82) is 0 Å². The summed E-state index contributed by atoms with van der Waals surface area (Å²) in [7, 11) is 0. The minimum atomic E-state index is -1.18. The Morgan fingerprint density at radius 1 is 1.34 bits per heavy atom. The predicted molar refractivity (Wildman–Crippen MR) is 133 cm³/mol. The van der Waals surface area contributed by atoms with Gasteiger partial charge in [-0.05, 0) is 46.1 Å². The van der Waals surface area contributed by atoms with Gasteiger partial charge in [0.25, 0.3) is 0 Å². The van der Waals surface area contributed by atoms with Crippen molar-refractivity contribution in [1.82, 2.24) is 20.1 Å². The van der Waals surface area contributed by atoms with Crippen LogP contribution in [0.3, 0.4) is 0 Å². The Hall–Kier alpha value is -2.95. The second-order valence-corrected chi connectivity index (χ2v) is 10.0. The number of aromatic amines is 1. The van der Waals surface area contributed by atoms with Crippen LogP contribution >= 0.6 is 23.2 Å². The number of carbonyl (C=O) groups is 2. The highest BCUT2D eigenvalue weighted by Gasteiger charge is 2.25. The van der Waals surface area contributed by atoms with Crippen LogP contribution in [-0.2, 0) is 16.0 Å². The number of ether oxygens (including phenoxy) is 2. The van der Waals surface area contributed by atoms with Crippen molar-refractivity contribution in [3.63, 3.8) is 0 Å². The van der Waals surface area contributed by atoms with Gasteiger partial charge in [-0.25, -0.2) is 14.3 Å². The number of H-pyrrole nitrogens is 1. The highest BCUT2D eigenvalue weighted by atomic mass is 35.5. The Kier molecular flexibility index (Phi) is 7.16. The number of hydrogen-bond donors (Lipinski definition) is 4. The number of halogens is 2. The number of carbonyl (C=O) groups excluding carboxylic acids is 1. The first-order chi connectivity index (χ1) is 16.5. The second-order valence-electron chi connectivity index (χ2n) is 9.26. The van der Waals surface area contributed by atoms with Crippen molar-refractivity contribution in [3.05, 3.63) is 34.2 Å². The van der Waals surface area contributed by atoms with E-state index in [0.717, 1.165) is 19.3 Å². The maximum atomic E-state index is 12.6. The molecule has 0 aliphatic carbocycles. The van der Waals surface area contributed by atoms with E-state index in [1.165, 1.54) is 6.07 Å². The number of nitrogens with zero attached hydrogens (tertiary/aromatic N) is 2. The summed E-state index contributed by atoms with van der Waals surface area (Å²) in [6.07, 6.45) is 4.37. The Bertz CT molecular complexity index is 1260. The van der Waals surface area contributed by atoms with Gasteiger partial charge in [-0.15, -0.1) is 0 Å². The van der Waals surface area contributed by atoms with Gasteiger partial charge in [0.2, 0.25) is 0 Å². The number of fused-ring (bicyclic) bond motifs is 1. The predicted octanol–water partition coefficient (Wildman–Crippen LogP) is 6.15. The number of benzene rings is 1. The van der Waals surface area contributed by atoms with Crippen LogP contribution < -0.4 is 10.6 Å². The van der Waals surface area contributed by atoms with Crippen LogP contribution in [-0.4, -0.2) is 44.3 Å². The largest absolute Gasteiger partial charge is 0.465 e. The standard InChI is InChI=1S/C23H27Cl2N5O5/c1-23(2,3)35-22(33)29-14-8-13(24)19(25)20-18(14)17(15(28-20)10-26-21(31)32)12-9-27-30(11-12)16-6-4-5-7-34-16/h8-9,11,16,26,28H,4-7,10H2,1-3H3,(H,29,33)(H,31,32). The summed E-state index contributed by atoms with van der Waals surface area (Å²) in [6, 6.07) is 1.54. The van der Waals surface area contributed by atoms with Crippen molar-refractivity contribution < 1.29 is 24.2 Å². The minimum Gasteiger partial charge on any atom is -0.465 e. The number of carboxylic acid groups (broad SMARTS) is 1. The first-order valence-corrected chi connectivity index (χ1v) is 11.9. The van der Waals surface area contributed by atoms with Crippen LogP contribution in [0.15, 0.2) is 18.5 Å². The molecule has 12 heteroatoms. The molecule has 1 aliphatic heterocycles. The lowest BCUT2D eigenvalue weighted by Crippen LogP contribution is -2.27. The minimum absolute atomic E-state index is 0.0374. The second kappa shape index (κ2) is 9.96. The van der Waals surface area contributed by atoms with Gasteiger partial charge in [0, 0.05) is 35.0 Å². The molecule has 188 valence electrons. The maximum absolute atomic E-state index is 12.6. The molecule has 3 aromatic rings. The third-order valence-corrected chi connectivity index (χ3v) is 6.23. The summed E-state index contributed by atoms with van der Waals surface area (Å²) < 4.78 is 13.0. The molecule has 4 rings (SSSR count). The zero-order valence-electron chi connectivity index (χ0n) is 19.6. The lowest BCUT2D eigenvalue weighted by Gasteiger charge is -2.22. The number of anilines is 1. The van der Waals surface area contributed by atoms with Gasteiger partial charge in [0.05, 0.1) is 34.0 Å². The molecule has 10 nitrogen and oxygen atoms in total. The zero-order valence-corrected chi connectivity index (χ0v) is 21.1. The average molecular weight is 524 g/mol. The third-order valence-electron chi connectivity index (χ3n) is 5.44. The van der Waals surface area contributed by atoms with Crippen molar-refractivity contribution in [2.45, 2.75) is 58.4 Å². The zero-order chi connectivity index (χ0) is 25.3. The summed E-state index contributed by atoms with van der Waals surface area (Å²) in [5.74, 6) is 0. The lowest BCUT2D eigenvalue weighted by molar-refractivity contribution is -0.0394. The van der Waals surface area contributed by atoms with Gasteiger partial charge in [0.15, 0.2) is 0 Å². The van der Waals surface area contributed by atoms with Crippen molar-refractivity contribution >= 4 is 52.0 Å². The summed E-state index contributed by atoms with van der Waals surface area (Å²) in [4.78, 5) is 27.0. The molecule has 1 saturated heterocycles. The van der Waals surface area contributed by atoms with E-state index in [0.29, 0.717) is 40.0 Å². The van der Waals surface area contributed by atoms with Crippen LogP contribution in [0, 0.1) is 0 Å². The Balaban J connectivity index is 1.85. The van der Waals surface area contributed by atoms with E-state index in [9.17, 15) is 14.7 Å². The third kappa shape index (κ3) is 5.66. The number of rotatable bonds is 5. The van der Waals surface area contributed by atoms with Gasteiger partial charge in [-0.2, -0.15) is 5.10 Å². The summed E-state index contributed by atoms with van der Waals surface area (Å²) in [5, 5.41) is 19.8. The molecule has 0 spiro atoms. The first kappa shape index (κ1) is 25.2. The molecule has 1 aliphatic rings. The highest BCUT2D eigenvalue weighted by molar-refractivity contribution is 6.46. The molecule has 3 heterocycles. The number of hydrogen-bond acceptors (Lipinski definition) is 5. The van der Waals surface area contributed by atoms with E-state index < -0.39 is 17.8 Å². The molecular weight excluding hydrogens is 497 g/mol. The van der Waals surface area contributed by atoms with E-state index in [1.807, 2.05) is 6.20 Å². The molecule has 1 unspecified atom stereocenters.